The van der Waals surface area contributed by atoms with Gasteiger partial charge in [-0.05, 0) is 37.4 Å². The second-order valence-electron chi connectivity index (χ2n) is 7.25. The third kappa shape index (κ3) is 4.08. The van der Waals surface area contributed by atoms with Crippen LogP contribution in [-0.2, 0) is 13.1 Å². The van der Waals surface area contributed by atoms with E-state index in [1.807, 2.05) is 66.6 Å². The molecule has 1 aliphatic heterocycles. The molecule has 4 aromatic rings. The standard InChI is InChI=1S/C22H21N5O4/c1-26(11-15-10-23-27(12-15)17-4-3-5-18(9-17)28-2)13-21-24-22(25-31-21)16-6-7-19-20(8-16)30-14-29-19/h3-10,12H,11,13-14H2,1-2H3. The van der Waals surface area contributed by atoms with Gasteiger partial charge in [-0.25, -0.2) is 4.68 Å². The highest BCUT2D eigenvalue weighted by molar-refractivity contribution is 5.61. The number of hydrogen-bond acceptors (Lipinski definition) is 8. The number of rotatable bonds is 7. The Labute approximate surface area is 178 Å². The molecule has 0 unspecified atom stereocenters. The van der Waals surface area contributed by atoms with Gasteiger partial charge in [-0.3, -0.25) is 4.90 Å². The fraction of sp³-hybridized carbons (Fsp3) is 0.227. The van der Waals surface area contributed by atoms with E-state index in [0.29, 0.717) is 30.6 Å². The van der Waals surface area contributed by atoms with E-state index in [2.05, 4.69) is 20.1 Å². The van der Waals surface area contributed by atoms with E-state index in [4.69, 9.17) is 18.7 Å². The Hall–Kier alpha value is -3.85. The summed E-state index contributed by atoms with van der Waals surface area (Å²) in [7, 11) is 3.64. The van der Waals surface area contributed by atoms with E-state index < -0.39 is 0 Å². The second-order valence-corrected chi connectivity index (χ2v) is 7.25. The van der Waals surface area contributed by atoms with Gasteiger partial charge >= 0.3 is 0 Å². The van der Waals surface area contributed by atoms with Gasteiger partial charge in [0.15, 0.2) is 11.5 Å². The van der Waals surface area contributed by atoms with Gasteiger partial charge < -0.3 is 18.7 Å². The number of hydrogen-bond donors (Lipinski definition) is 0. The van der Waals surface area contributed by atoms with Gasteiger partial charge in [0.05, 0.1) is 25.5 Å². The van der Waals surface area contributed by atoms with Crippen molar-refractivity contribution in [3.05, 3.63) is 66.3 Å². The third-order valence-corrected chi connectivity index (χ3v) is 4.91. The Morgan fingerprint density at radius 1 is 1.10 bits per heavy atom. The van der Waals surface area contributed by atoms with Crippen molar-refractivity contribution in [1.82, 2.24) is 24.8 Å². The molecule has 158 valence electrons. The van der Waals surface area contributed by atoms with Crippen LogP contribution in [0, 0.1) is 0 Å². The van der Waals surface area contributed by atoms with Crippen LogP contribution in [0.1, 0.15) is 11.5 Å². The van der Waals surface area contributed by atoms with Crippen molar-refractivity contribution in [2.75, 3.05) is 21.0 Å². The summed E-state index contributed by atoms with van der Waals surface area (Å²) in [5.74, 6) is 3.26. The molecule has 0 saturated heterocycles. The fourth-order valence-electron chi connectivity index (χ4n) is 3.41. The predicted octanol–water partition coefficient (Wildman–Crippen LogP) is 3.29. The number of ether oxygens (including phenoxy) is 3. The van der Waals surface area contributed by atoms with Crippen LogP contribution in [0.4, 0.5) is 0 Å². The Morgan fingerprint density at radius 2 is 2.00 bits per heavy atom. The summed E-state index contributed by atoms with van der Waals surface area (Å²) in [6.45, 7) is 1.43. The zero-order valence-corrected chi connectivity index (χ0v) is 17.2. The lowest BCUT2D eigenvalue weighted by Gasteiger charge is -2.12. The van der Waals surface area contributed by atoms with Crippen molar-refractivity contribution in [3.63, 3.8) is 0 Å². The number of methoxy groups -OCH3 is 1. The molecule has 0 saturated carbocycles. The molecule has 0 atom stereocenters. The topological polar surface area (TPSA) is 87.7 Å². The molecule has 1 aliphatic rings. The van der Waals surface area contributed by atoms with Gasteiger partial charge in [0, 0.05) is 29.9 Å². The van der Waals surface area contributed by atoms with E-state index >= 15 is 0 Å². The van der Waals surface area contributed by atoms with E-state index in [-0.39, 0.29) is 6.79 Å². The smallest absolute Gasteiger partial charge is 0.241 e. The van der Waals surface area contributed by atoms with Crippen molar-refractivity contribution in [2.45, 2.75) is 13.1 Å². The van der Waals surface area contributed by atoms with Crippen LogP contribution in [0.2, 0.25) is 0 Å². The molecule has 0 spiro atoms. The summed E-state index contributed by atoms with van der Waals surface area (Å²) >= 11 is 0. The van der Waals surface area contributed by atoms with Crippen LogP contribution in [0.15, 0.2) is 59.4 Å². The number of aromatic nitrogens is 4. The summed E-state index contributed by atoms with van der Waals surface area (Å²) in [6, 6.07) is 13.4. The van der Waals surface area contributed by atoms with E-state index in [0.717, 1.165) is 28.3 Å². The molecule has 5 rings (SSSR count). The van der Waals surface area contributed by atoms with Crippen LogP contribution in [0.3, 0.4) is 0 Å². The van der Waals surface area contributed by atoms with Crippen LogP contribution in [-0.4, -0.2) is 45.8 Å². The third-order valence-electron chi connectivity index (χ3n) is 4.91. The Kier molecular flexibility index (Phi) is 5.01. The minimum absolute atomic E-state index is 0.232. The molecule has 2 aromatic heterocycles. The minimum atomic E-state index is 0.232. The number of nitrogens with zero attached hydrogens (tertiary/aromatic N) is 5. The van der Waals surface area contributed by atoms with Crippen molar-refractivity contribution >= 4 is 0 Å². The molecule has 31 heavy (non-hydrogen) atoms. The molecule has 9 nitrogen and oxygen atoms in total. The first-order valence-corrected chi connectivity index (χ1v) is 9.77. The van der Waals surface area contributed by atoms with Gasteiger partial charge in [-0.15, -0.1) is 0 Å². The molecule has 0 fully saturated rings. The van der Waals surface area contributed by atoms with Crippen molar-refractivity contribution in [1.29, 1.82) is 0 Å². The second kappa shape index (κ2) is 8.11. The molecule has 0 radical (unpaired) electrons. The fourth-order valence-corrected chi connectivity index (χ4v) is 3.41. The molecular formula is C22H21N5O4. The highest BCUT2D eigenvalue weighted by atomic mass is 16.7. The molecule has 0 amide bonds. The van der Waals surface area contributed by atoms with Gasteiger partial charge in [0.1, 0.15) is 5.75 Å². The van der Waals surface area contributed by atoms with Gasteiger partial charge in [0.2, 0.25) is 18.5 Å². The molecule has 3 heterocycles. The maximum absolute atomic E-state index is 5.44. The van der Waals surface area contributed by atoms with Crippen LogP contribution in [0.25, 0.3) is 17.1 Å². The largest absolute Gasteiger partial charge is 0.497 e. The zero-order chi connectivity index (χ0) is 21.2. The van der Waals surface area contributed by atoms with E-state index in [1.54, 1.807) is 7.11 Å². The summed E-state index contributed by atoms with van der Waals surface area (Å²) in [5, 5.41) is 8.55. The molecule has 9 heteroatoms. The molecular weight excluding hydrogens is 398 g/mol. The van der Waals surface area contributed by atoms with E-state index in [1.165, 1.54) is 0 Å². The average molecular weight is 419 g/mol. The summed E-state index contributed by atoms with van der Waals surface area (Å²) in [6.07, 6.45) is 3.85. The number of fused-ring (bicyclic) bond motifs is 1. The monoisotopic (exact) mass is 419 g/mol. The van der Waals surface area contributed by atoms with Crippen LogP contribution in [0.5, 0.6) is 17.2 Å². The first-order chi connectivity index (χ1) is 15.2. The first-order valence-electron chi connectivity index (χ1n) is 9.77. The van der Waals surface area contributed by atoms with E-state index in [9.17, 15) is 0 Å². The van der Waals surface area contributed by atoms with Crippen molar-refractivity contribution < 1.29 is 18.7 Å². The normalized spacial score (nSPS) is 12.5. The molecule has 0 bridgehead atoms. The first kappa shape index (κ1) is 19.1. The maximum atomic E-state index is 5.44. The number of benzene rings is 2. The Morgan fingerprint density at radius 3 is 2.90 bits per heavy atom. The molecule has 0 aliphatic carbocycles. The highest BCUT2D eigenvalue weighted by Gasteiger charge is 2.17. The van der Waals surface area contributed by atoms with Gasteiger partial charge in [-0.2, -0.15) is 10.1 Å². The highest BCUT2D eigenvalue weighted by Crippen LogP contribution is 2.35. The Bertz CT molecular complexity index is 1200. The van der Waals surface area contributed by atoms with Gasteiger partial charge in [-0.1, -0.05) is 11.2 Å². The van der Waals surface area contributed by atoms with Crippen LogP contribution >= 0.6 is 0 Å². The maximum Gasteiger partial charge on any atom is 0.241 e. The lowest BCUT2D eigenvalue weighted by molar-refractivity contribution is 0.174. The molecule has 2 aromatic carbocycles. The lowest BCUT2D eigenvalue weighted by Crippen LogP contribution is -2.17. The van der Waals surface area contributed by atoms with Crippen LogP contribution < -0.4 is 14.2 Å². The van der Waals surface area contributed by atoms with Gasteiger partial charge in [0.25, 0.3) is 0 Å². The minimum Gasteiger partial charge on any atom is -0.497 e. The average Bonchev–Trinajstić information content (AvgIpc) is 3.54. The van der Waals surface area contributed by atoms with Crippen molar-refractivity contribution in [2.24, 2.45) is 0 Å². The summed E-state index contributed by atoms with van der Waals surface area (Å²) < 4.78 is 23.3. The SMILES string of the molecule is COc1cccc(-n2cc(CN(C)Cc3nc(-c4ccc5c(c4)OCO5)no3)cn2)c1. The quantitative estimate of drug-likeness (QED) is 0.451. The molecule has 0 N–H and O–H groups in total. The summed E-state index contributed by atoms with van der Waals surface area (Å²) in [4.78, 5) is 6.60. The van der Waals surface area contributed by atoms with Crippen molar-refractivity contribution in [3.8, 4) is 34.3 Å². The zero-order valence-electron chi connectivity index (χ0n) is 17.2. The Balaban J connectivity index is 1.23. The predicted molar refractivity (Wildman–Crippen MR) is 111 cm³/mol. The lowest BCUT2D eigenvalue weighted by atomic mass is 10.2. The summed E-state index contributed by atoms with van der Waals surface area (Å²) in [5.41, 5.74) is 2.83.